The molecule has 88 heavy (non-hydrogen) atoms. The van der Waals surface area contributed by atoms with Crippen molar-refractivity contribution in [3.63, 3.8) is 0 Å². The van der Waals surface area contributed by atoms with Crippen LogP contribution in [0.3, 0.4) is 0 Å². The van der Waals surface area contributed by atoms with Crippen molar-refractivity contribution in [1.82, 2.24) is 0 Å². The van der Waals surface area contributed by atoms with E-state index in [0.717, 1.165) is 182 Å². The van der Waals surface area contributed by atoms with Gasteiger partial charge in [-0.2, -0.15) is 0 Å². The average Bonchev–Trinajstić information content (AvgIpc) is 1.69. The van der Waals surface area contributed by atoms with E-state index in [1.54, 1.807) is 6.42 Å². The largest absolute Gasteiger partial charge is 0.381 e. The fraction of sp³-hybridized carbons (Fsp3) is 1.00. The van der Waals surface area contributed by atoms with Gasteiger partial charge >= 0.3 is 0 Å². The summed E-state index contributed by atoms with van der Waals surface area (Å²) in [6.45, 7) is 92.2. The number of rotatable bonds is 18. The van der Waals surface area contributed by atoms with Crippen LogP contribution in [0.1, 0.15) is 320 Å². The summed E-state index contributed by atoms with van der Waals surface area (Å²) >= 11 is 0. The zero-order valence-corrected chi connectivity index (χ0v) is 67.3. The lowest BCUT2D eigenvalue weighted by molar-refractivity contribution is -0.120. The lowest BCUT2D eigenvalue weighted by atomic mass is 9.53. The van der Waals surface area contributed by atoms with E-state index in [-0.39, 0.29) is 0 Å². The van der Waals surface area contributed by atoms with Crippen LogP contribution in [0.25, 0.3) is 0 Å². The van der Waals surface area contributed by atoms with Gasteiger partial charge in [0.15, 0.2) is 0 Å². The van der Waals surface area contributed by atoms with Crippen LogP contribution in [0.4, 0.5) is 0 Å². The molecule has 7 rings (SSSR count). The third-order valence-corrected chi connectivity index (χ3v) is 28.8. The van der Waals surface area contributed by atoms with Crippen LogP contribution in [-0.2, 0) is 14.2 Å². The van der Waals surface area contributed by atoms with Gasteiger partial charge in [0, 0.05) is 24.0 Å². The first-order valence-electron chi connectivity index (χ1n) is 39.3. The molecule has 0 aromatic carbocycles. The highest BCUT2D eigenvalue weighted by atomic mass is 16.5. The predicted octanol–water partition coefficient (Wildman–Crippen LogP) is 26.0. The summed E-state index contributed by atoms with van der Waals surface area (Å²) in [6, 6.07) is 0. The molecule has 8 unspecified atom stereocenters. The number of hydrogen-bond donors (Lipinski definition) is 0. The molecule has 526 valence electrons. The molecular formula is C85H168O3. The molecule has 0 aromatic rings. The molecule has 0 bridgehead atoms. The van der Waals surface area contributed by atoms with Crippen LogP contribution in [0.2, 0.25) is 0 Å². The van der Waals surface area contributed by atoms with Gasteiger partial charge in [-0.25, -0.2) is 0 Å². The molecule has 3 heteroatoms. The summed E-state index contributed by atoms with van der Waals surface area (Å²) in [6.07, 6.45) is 15.8. The van der Waals surface area contributed by atoms with Crippen LogP contribution in [0.5, 0.6) is 0 Å². The van der Waals surface area contributed by atoms with E-state index in [1.165, 1.54) is 64.2 Å². The second-order valence-corrected chi connectivity index (χ2v) is 37.7. The molecule has 3 aliphatic heterocycles. The Kier molecular flexibility index (Phi) is 34.1. The Morgan fingerprint density at radius 3 is 0.864 bits per heavy atom. The van der Waals surface area contributed by atoms with Crippen molar-refractivity contribution < 1.29 is 14.2 Å². The van der Waals surface area contributed by atoms with Crippen LogP contribution in [0.15, 0.2) is 0 Å². The Labute approximate surface area is 557 Å². The van der Waals surface area contributed by atoms with Gasteiger partial charge in [0.2, 0.25) is 0 Å². The minimum absolute atomic E-state index is 0.395. The number of hydrogen-bond acceptors (Lipinski definition) is 3. The Balaban J connectivity index is 0.000000360. The van der Waals surface area contributed by atoms with Gasteiger partial charge < -0.3 is 14.2 Å². The molecule has 3 heterocycles. The van der Waals surface area contributed by atoms with Gasteiger partial charge in [0.25, 0.3) is 0 Å². The lowest BCUT2D eigenvalue weighted by Crippen LogP contribution is -2.49. The van der Waals surface area contributed by atoms with Gasteiger partial charge in [-0.15, -0.1) is 0 Å². The third kappa shape index (κ3) is 17.9. The molecule has 4 aliphatic carbocycles. The number of ether oxygens (including phenoxy) is 3. The SMILES string of the molecule is CC(C)C1CC2CC2C1(C(C)C)C(C)C.CC(C)C1CCCC1(C(C)C)C(C)C.CC(C)C1CCCCC1(C(C)C)C(C)C.CC(C)C1CCOCC1(C(C)C)C(C)C.CC(C)C1COCC1(C(C)C)C(C)C.CC(C)C1COCCC1(C(C)C)C(C)C. The van der Waals surface area contributed by atoms with Gasteiger partial charge in [-0.05, 0) is 227 Å². The molecule has 0 radical (unpaired) electrons. The predicted molar refractivity (Wildman–Crippen MR) is 393 cm³/mol. The fourth-order valence-corrected chi connectivity index (χ4v) is 24.2. The second-order valence-electron chi connectivity index (χ2n) is 37.7. The quantitative estimate of drug-likeness (QED) is 0.137. The van der Waals surface area contributed by atoms with E-state index >= 15 is 0 Å². The van der Waals surface area contributed by atoms with Crippen molar-refractivity contribution in [3.8, 4) is 0 Å². The molecule has 8 atom stereocenters. The Morgan fingerprint density at radius 2 is 0.557 bits per heavy atom. The van der Waals surface area contributed by atoms with E-state index in [9.17, 15) is 0 Å². The Morgan fingerprint density at radius 1 is 0.250 bits per heavy atom. The minimum atomic E-state index is 0.395. The van der Waals surface area contributed by atoms with Crippen molar-refractivity contribution in [1.29, 1.82) is 0 Å². The molecular weight excluding hydrogens is 1070 g/mol. The summed E-state index contributed by atoms with van der Waals surface area (Å²) < 4.78 is 17.2. The standard InChI is InChI=1S/C15H28.C15H30.2C14H28O.C14H28.C13H26O/c1-9(2)13-7-12-8-14(12)15(13,10(3)4)11(5)6;1-11(2)14-9-7-8-10-15(14,12(3)4)13(5)6;1-10(2)13-9-15-8-7-14(13,11(3)4)12(5)6;1-10(2)13-7-8-15-9-14(13,11(3)4)12(5)6;1-10(2)13-8-7-9-14(13,11(3)4)12(5)6;1-9(2)12-7-14-8-13(12,10(3)4)11(5)6/h9-14H,7-8H2,1-6H3;11-14H,7-10H2,1-6H3;2*10-13H,7-9H2,1-6H3;10-13H,7-9H2,1-6H3;9-12H,7-8H2,1-6H3. The van der Waals surface area contributed by atoms with Crippen molar-refractivity contribution in [2.45, 2.75) is 320 Å². The van der Waals surface area contributed by atoms with Crippen molar-refractivity contribution in [3.05, 3.63) is 0 Å². The highest BCUT2D eigenvalue weighted by Gasteiger charge is 2.65. The molecule has 0 amide bonds. The summed E-state index contributed by atoms with van der Waals surface area (Å²) in [5.74, 6) is 21.7. The van der Waals surface area contributed by atoms with Crippen molar-refractivity contribution in [2.24, 2.45) is 186 Å². The maximum absolute atomic E-state index is 5.79. The maximum atomic E-state index is 5.79. The first kappa shape index (κ1) is 84.0. The average molecular weight is 1240 g/mol. The van der Waals surface area contributed by atoms with Crippen LogP contribution < -0.4 is 0 Å². The summed E-state index contributed by atoms with van der Waals surface area (Å²) in [4.78, 5) is 0. The van der Waals surface area contributed by atoms with Crippen molar-refractivity contribution in [2.75, 3.05) is 39.6 Å². The molecule has 7 aliphatic rings. The smallest absolute Gasteiger partial charge is 0.0531 e. The Hall–Kier alpha value is -0.120. The van der Waals surface area contributed by atoms with Crippen LogP contribution in [-0.4, -0.2) is 39.6 Å². The van der Waals surface area contributed by atoms with Crippen LogP contribution in [0, 0.1) is 186 Å². The number of fused-ring (bicyclic) bond motifs is 1. The molecule has 0 spiro atoms. The van der Waals surface area contributed by atoms with E-state index in [0.29, 0.717) is 44.3 Å². The zero-order valence-electron chi connectivity index (χ0n) is 67.3. The normalized spacial score (nSPS) is 28.6. The lowest BCUT2D eigenvalue weighted by Gasteiger charge is -2.52. The monoisotopic (exact) mass is 1240 g/mol. The topological polar surface area (TPSA) is 27.7 Å². The van der Waals surface area contributed by atoms with Gasteiger partial charge in [0.05, 0.1) is 26.4 Å². The van der Waals surface area contributed by atoms with Crippen LogP contribution >= 0.6 is 0 Å². The molecule has 4 saturated carbocycles. The van der Waals surface area contributed by atoms with Gasteiger partial charge in [-0.1, -0.05) is 269 Å². The maximum Gasteiger partial charge on any atom is 0.0531 e. The van der Waals surface area contributed by atoms with Gasteiger partial charge in [0.1, 0.15) is 0 Å². The second kappa shape index (κ2) is 35.7. The van der Waals surface area contributed by atoms with Crippen molar-refractivity contribution >= 4 is 0 Å². The molecule has 3 saturated heterocycles. The zero-order chi connectivity index (χ0) is 68.2. The summed E-state index contributed by atoms with van der Waals surface area (Å²) in [5, 5.41) is 0. The fourth-order valence-electron chi connectivity index (χ4n) is 24.2. The first-order valence-corrected chi connectivity index (χ1v) is 39.3. The molecule has 3 nitrogen and oxygen atoms in total. The molecule has 7 fully saturated rings. The van der Waals surface area contributed by atoms with Gasteiger partial charge in [-0.3, -0.25) is 0 Å². The Bertz CT molecular complexity index is 1660. The van der Waals surface area contributed by atoms with E-state index in [2.05, 4.69) is 249 Å². The summed E-state index contributed by atoms with van der Waals surface area (Å²) in [5.41, 5.74) is 3.21. The highest BCUT2D eigenvalue weighted by Crippen LogP contribution is 2.72. The molecule has 0 N–H and O–H groups in total. The third-order valence-electron chi connectivity index (χ3n) is 28.8. The highest BCUT2D eigenvalue weighted by molar-refractivity contribution is 5.13. The van der Waals surface area contributed by atoms with E-state index in [4.69, 9.17) is 14.2 Å². The molecule has 0 aromatic heterocycles. The first-order chi connectivity index (χ1) is 40.5. The van der Waals surface area contributed by atoms with E-state index in [1.807, 2.05) is 0 Å². The minimum Gasteiger partial charge on any atom is -0.381 e. The summed E-state index contributed by atoms with van der Waals surface area (Å²) in [7, 11) is 0. The van der Waals surface area contributed by atoms with E-state index < -0.39 is 0 Å².